The number of ether oxygens (including phenoxy) is 1. The number of nitrogens with two attached hydrogens (primary N) is 1. The Labute approximate surface area is 114 Å². The van der Waals surface area contributed by atoms with Crippen LogP contribution in [0.25, 0.3) is 15.5 Å². The first kappa shape index (κ1) is 12.1. The molecule has 0 fully saturated rings. The third-order valence-electron chi connectivity index (χ3n) is 2.71. The van der Waals surface area contributed by atoms with Crippen molar-refractivity contribution in [3.63, 3.8) is 0 Å². The normalized spacial score (nSPS) is 11.1. The van der Waals surface area contributed by atoms with Crippen LogP contribution < -0.4 is 10.5 Å². The Morgan fingerprint density at radius 1 is 1.32 bits per heavy atom. The fourth-order valence-corrected chi connectivity index (χ4v) is 2.73. The van der Waals surface area contributed by atoms with Crippen LogP contribution in [0.4, 0.5) is 0 Å². The second-order valence-electron chi connectivity index (χ2n) is 4.03. The molecule has 0 aliphatic rings. The van der Waals surface area contributed by atoms with Gasteiger partial charge in [-0.25, -0.2) is 9.50 Å². The molecule has 3 rings (SSSR count). The smallest absolute Gasteiger partial charge is 0.212 e. The molecule has 0 amide bonds. The molecule has 0 aliphatic carbocycles. The zero-order chi connectivity index (χ0) is 13.2. The minimum absolute atomic E-state index is 0.439. The first-order valence-electron chi connectivity index (χ1n) is 6.08. The largest absolute Gasteiger partial charge is 0.494 e. The fourth-order valence-electron chi connectivity index (χ4n) is 1.82. The average Bonchev–Trinajstić information content (AvgIpc) is 2.97. The number of nitrogens with zero attached hydrogens (tertiary/aromatic N) is 3. The highest BCUT2D eigenvalue weighted by Crippen LogP contribution is 2.27. The van der Waals surface area contributed by atoms with E-state index in [0.29, 0.717) is 13.2 Å². The SMILES string of the molecule is CCOc1ccc(-c2nn3cc(CN)nc3s2)cc1. The van der Waals surface area contributed by atoms with E-state index >= 15 is 0 Å². The number of hydrogen-bond acceptors (Lipinski definition) is 5. The predicted octanol–water partition coefficient (Wildman–Crippen LogP) is 2.32. The number of rotatable bonds is 4. The van der Waals surface area contributed by atoms with Gasteiger partial charge < -0.3 is 10.5 Å². The van der Waals surface area contributed by atoms with E-state index in [4.69, 9.17) is 10.5 Å². The van der Waals surface area contributed by atoms with Gasteiger partial charge >= 0.3 is 0 Å². The van der Waals surface area contributed by atoms with Crippen molar-refractivity contribution >= 4 is 16.3 Å². The summed E-state index contributed by atoms with van der Waals surface area (Å²) in [6.45, 7) is 3.08. The molecule has 0 spiro atoms. The number of hydrogen-bond donors (Lipinski definition) is 1. The molecule has 5 nitrogen and oxygen atoms in total. The van der Waals surface area contributed by atoms with E-state index < -0.39 is 0 Å². The van der Waals surface area contributed by atoms with E-state index in [1.54, 1.807) is 15.9 Å². The van der Waals surface area contributed by atoms with Gasteiger partial charge in [-0.3, -0.25) is 0 Å². The lowest BCUT2D eigenvalue weighted by atomic mass is 10.2. The number of aromatic nitrogens is 3. The Morgan fingerprint density at radius 2 is 2.11 bits per heavy atom. The molecular weight excluding hydrogens is 260 g/mol. The second-order valence-corrected chi connectivity index (χ2v) is 4.98. The molecule has 3 aromatic rings. The summed E-state index contributed by atoms with van der Waals surface area (Å²) in [5, 5.41) is 5.44. The Kier molecular flexibility index (Phi) is 3.18. The van der Waals surface area contributed by atoms with Gasteiger partial charge in [-0.1, -0.05) is 11.3 Å². The first-order valence-corrected chi connectivity index (χ1v) is 6.90. The summed E-state index contributed by atoms with van der Waals surface area (Å²) in [5.41, 5.74) is 7.48. The zero-order valence-electron chi connectivity index (χ0n) is 10.5. The van der Waals surface area contributed by atoms with Crippen LogP contribution in [-0.4, -0.2) is 21.2 Å². The van der Waals surface area contributed by atoms with Crippen molar-refractivity contribution in [3.05, 3.63) is 36.2 Å². The van der Waals surface area contributed by atoms with Crippen LogP contribution in [0.2, 0.25) is 0 Å². The van der Waals surface area contributed by atoms with Crippen LogP contribution in [-0.2, 0) is 6.54 Å². The van der Waals surface area contributed by atoms with Crippen molar-refractivity contribution in [3.8, 4) is 16.3 Å². The van der Waals surface area contributed by atoms with Crippen molar-refractivity contribution in [2.45, 2.75) is 13.5 Å². The summed E-state index contributed by atoms with van der Waals surface area (Å²) >= 11 is 1.55. The lowest BCUT2D eigenvalue weighted by molar-refractivity contribution is 0.340. The number of fused-ring (bicyclic) bond motifs is 1. The molecule has 0 aliphatic heterocycles. The van der Waals surface area contributed by atoms with Crippen molar-refractivity contribution < 1.29 is 4.74 Å². The van der Waals surface area contributed by atoms with Crippen molar-refractivity contribution in [1.82, 2.24) is 14.6 Å². The van der Waals surface area contributed by atoms with E-state index in [0.717, 1.165) is 27.0 Å². The Hall–Kier alpha value is -1.92. The Bertz CT molecular complexity index is 655. The summed E-state index contributed by atoms with van der Waals surface area (Å²) in [4.78, 5) is 5.26. The van der Waals surface area contributed by atoms with Gasteiger partial charge in [0.1, 0.15) is 10.8 Å². The molecule has 19 heavy (non-hydrogen) atoms. The van der Waals surface area contributed by atoms with Gasteiger partial charge in [0.25, 0.3) is 0 Å². The van der Waals surface area contributed by atoms with E-state index in [2.05, 4.69) is 10.1 Å². The topological polar surface area (TPSA) is 65.4 Å². The summed E-state index contributed by atoms with van der Waals surface area (Å²) in [6.07, 6.45) is 1.86. The van der Waals surface area contributed by atoms with Gasteiger partial charge in [-0.15, -0.1) is 0 Å². The molecule has 2 N–H and O–H groups in total. The van der Waals surface area contributed by atoms with Gasteiger partial charge in [0.05, 0.1) is 18.5 Å². The molecule has 0 saturated carbocycles. The van der Waals surface area contributed by atoms with Crippen LogP contribution >= 0.6 is 11.3 Å². The molecule has 1 aromatic carbocycles. The molecule has 0 atom stereocenters. The lowest BCUT2D eigenvalue weighted by Gasteiger charge is -2.02. The quantitative estimate of drug-likeness (QED) is 0.793. The highest BCUT2D eigenvalue weighted by atomic mass is 32.1. The summed E-state index contributed by atoms with van der Waals surface area (Å²) in [5.74, 6) is 0.873. The van der Waals surface area contributed by atoms with Gasteiger partial charge in [0.2, 0.25) is 4.96 Å². The Balaban J connectivity index is 1.92. The van der Waals surface area contributed by atoms with E-state index in [-0.39, 0.29) is 0 Å². The minimum Gasteiger partial charge on any atom is -0.494 e. The van der Waals surface area contributed by atoms with Gasteiger partial charge in [-0.05, 0) is 31.2 Å². The van der Waals surface area contributed by atoms with Gasteiger partial charge in [-0.2, -0.15) is 5.10 Å². The molecule has 2 heterocycles. The molecule has 0 bridgehead atoms. The summed E-state index contributed by atoms with van der Waals surface area (Å²) < 4.78 is 7.20. The summed E-state index contributed by atoms with van der Waals surface area (Å²) in [6, 6.07) is 7.92. The molecule has 0 radical (unpaired) electrons. The number of imidazole rings is 1. The van der Waals surface area contributed by atoms with Crippen molar-refractivity contribution in [2.75, 3.05) is 6.61 Å². The Morgan fingerprint density at radius 3 is 2.74 bits per heavy atom. The second kappa shape index (κ2) is 4.99. The van der Waals surface area contributed by atoms with Gasteiger partial charge in [0.15, 0.2) is 0 Å². The van der Waals surface area contributed by atoms with Crippen LogP contribution in [0.1, 0.15) is 12.6 Å². The maximum absolute atomic E-state index is 5.55. The van der Waals surface area contributed by atoms with E-state index in [1.165, 1.54) is 0 Å². The molecular formula is C13H14N4OS. The van der Waals surface area contributed by atoms with E-state index in [9.17, 15) is 0 Å². The van der Waals surface area contributed by atoms with Crippen LogP contribution in [0.3, 0.4) is 0 Å². The van der Waals surface area contributed by atoms with Crippen LogP contribution in [0.15, 0.2) is 30.5 Å². The van der Waals surface area contributed by atoms with Crippen LogP contribution in [0.5, 0.6) is 5.75 Å². The average molecular weight is 274 g/mol. The predicted molar refractivity (Wildman–Crippen MR) is 75.4 cm³/mol. The van der Waals surface area contributed by atoms with Gasteiger partial charge in [0, 0.05) is 12.1 Å². The molecule has 98 valence electrons. The monoisotopic (exact) mass is 274 g/mol. The maximum Gasteiger partial charge on any atom is 0.212 e. The highest BCUT2D eigenvalue weighted by Gasteiger charge is 2.09. The lowest BCUT2D eigenvalue weighted by Crippen LogP contribution is -1.95. The fraction of sp³-hybridized carbons (Fsp3) is 0.231. The first-order chi connectivity index (χ1) is 9.30. The van der Waals surface area contributed by atoms with Crippen molar-refractivity contribution in [1.29, 1.82) is 0 Å². The summed E-state index contributed by atoms with van der Waals surface area (Å²) in [7, 11) is 0. The minimum atomic E-state index is 0.439. The number of benzene rings is 1. The van der Waals surface area contributed by atoms with Crippen LogP contribution in [0, 0.1) is 0 Å². The maximum atomic E-state index is 5.55. The van der Waals surface area contributed by atoms with E-state index in [1.807, 2.05) is 37.4 Å². The molecule has 0 unspecified atom stereocenters. The highest BCUT2D eigenvalue weighted by molar-refractivity contribution is 7.19. The third kappa shape index (κ3) is 2.32. The van der Waals surface area contributed by atoms with Crippen molar-refractivity contribution in [2.24, 2.45) is 5.73 Å². The molecule has 2 aromatic heterocycles. The zero-order valence-corrected chi connectivity index (χ0v) is 11.4. The molecule has 0 saturated heterocycles. The standard InChI is InChI=1S/C13H14N4OS/c1-2-18-11-5-3-9(4-6-11)12-16-17-8-10(7-14)15-13(17)19-12/h3-6,8H,2,7,14H2,1H3. The molecule has 6 heteroatoms. The third-order valence-corrected chi connectivity index (χ3v) is 3.69.